The molecule has 2 aromatic rings. The second kappa shape index (κ2) is 7.96. The molecule has 0 spiro atoms. The molecule has 1 N–H and O–H groups in total. The number of rotatable bonds is 7. The number of hydrogen-bond acceptors (Lipinski definition) is 6. The molecule has 0 aliphatic carbocycles. The predicted molar refractivity (Wildman–Crippen MR) is 88.2 cm³/mol. The van der Waals surface area contributed by atoms with E-state index >= 15 is 0 Å². The molecule has 7 nitrogen and oxygen atoms in total. The highest BCUT2D eigenvalue weighted by Gasteiger charge is 2.19. The molecule has 2 rings (SSSR count). The van der Waals surface area contributed by atoms with Gasteiger partial charge in [0.2, 0.25) is 11.1 Å². The van der Waals surface area contributed by atoms with E-state index in [1.807, 2.05) is 24.3 Å². The molecule has 0 unspecified atom stereocenters. The molecule has 1 atom stereocenters. The van der Waals surface area contributed by atoms with Gasteiger partial charge < -0.3 is 10.1 Å². The molecular formula is C15H21N5O2S. The average Bonchev–Trinajstić information content (AvgIpc) is 2.95. The Bertz CT molecular complexity index is 642. The Kier molecular flexibility index (Phi) is 5.97. The number of hydrogen-bond donors (Lipinski definition) is 1. The summed E-state index contributed by atoms with van der Waals surface area (Å²) in [6, 6.07) is 7.70. The van der Waals surface area contributed by atoms with Crippen molar-refractivity contribution in [2.45, 2.75) is 25.0 Å². The van der Waals surface area contributed by atoms with Gasteiger partial charge in [0.05, 0.1) is 18.9 Å². The van der Waals surface area contributed by atoms with Crippen LogP contribution in [0.5, 0.6) is 5.75 Å². The lowest BCUT2D eigenvalue weighted by Gasteiger charge is -2.23. The molecule has 0 saturated heterocycles. The summed E-state index contributed by atoms with van der Waals surface area (Å²) in [5, 5.41) is 14.8. The van der Waals surface area contributed by atoms with Crippen molar-refractivity contribution in [3.8, 4) is 5.75 Å². The first-order valence-electron chi connectivity index (χ1n) is 7.29. The number of amides is 1. The Morgan fingerprint density at radius 3 is 2.57 bits per heavy atom. The van der Waals surface area contributed by atoms with Crippen LogP contribution in [0.25, 0.3) is 0 Å². The van der Waals surface area contributed by atoms with Gasteiger partial charge in [0.15, 0.2) is 0 Å². The normalized spacial score (nSPS) is 12.2. The van der Waals surface area contributed by atoms with E-state index in [1.54, 1.807) is 18.8 Å². The van der Waals surface area contributed by atoms with Gasteiger partial charge in [-0.2, -0.15) is 0 Å². The molecule has 8 heteroatoms. The highest BCUT2D eigenvalue weighted by molar-refractivity contribution is 7.99. The maximum atomic E-state index is 12.2. The van der Waals surface area contributed by atoms with Crippen molar-refractivity contribution in [1.29, 1.82) is 0 Å². The van der Waals surface area contributed by atoms with Crippen molar-refractivity contribution in [1.82, 2.24) is 25.5 Å². The Morgan fingerprint density at radius 1 is 1.35 bits per heavy atom. The zero-order chi connectivity index (χ0) is 16.8. The Labute approximate surface area is 139 Å². The molecule has 1 heterocycles. The van der Waals surface area contributed by atoms with Crippen molar-refractivity contribution in [2.75, 3.05) is 12.9 Å². The van der Waals surface area contributed by atoms with Crippen LogP contribution < -0.4 is 10.1 Å². The molecule has 0 fully saturated rings. The zero-order valence-electron chi connectivity index (χ0n) is 13.7. The molecule has 0 aliphatic rings. The summed E-state index contributed by atoms with van der Waals surface area (Å²) in [5.74, 6) is 1.29. The van der Waals surface area contributed by atoms with Crippen LogP contribution in [0.15, 0.2) is 29.4 Å². The first-order valence-corrected chi connectivity index (χ1v) is 8.28. The van der Waals surface area contributed by atoms with Crippen LogP contribution in [0.1, 0.15) is 25.5 Å². The number of aromatic nitrogens is 4. The number of benzene rings is 1. The number of aryl methyl sites for hydroxylation is 1. The standard InChI is InChI=1S/C15H21N5O2S/c1-10(2)14(11-5-7-12(22-4)8-6-11)16-13(21)9-23-15-17-18-19-20(15)3/h5-8,10,14H,9H2,1-4H3,(H,16,21)/t14-/m0/s1. The van der Waals surface area contributed by atoms with Crippen LogP contribution >= 0.6 is 11.8 Å². The number of tetrazole rings is 1. The van der Waals surface area contributed by atoms with Crippen LogP contribution in [-0.4, -0.2) is 39.0 Å². The van der Waals surface area contributed by atoms with Gasteiger partial charge in [-0.3, -0.25) is 4.79 Å². The minimum Gasteiger partial charge on any atom is -0.497 e. The lowest BCUT2D eigenvalue weighted by Crippen LogP contribution is -2.33. The van der Waals surface area contributed by atoms with E-state index in [4.69, 9.17) is 4.74 Å². The van der Waals surface area contributed by atoms with E-state index in [0.29, 0.717) is 5.16 Å². The lowest BCUT2D eigenvalue weighted by atomic mass is 9.96. The largest absolute Gasteiger partial charge is 0.497 e. The summed E-state index contributed by atoms with van der Waals surface area (Å²) in [6.07, 6.45) is 0. The highest BCUT2D eigenvalue weighted by atomic mass is 32.2. The van der Waals surface area contributed by atoms with Crippen molar-refractivity contribution < 1.29 is 9.53 Å². The van der Waals surface area contributed by atoms with E-state index in [9.17, 15) is 4.79 Å². The summed E-state index contributed by atoms with van der Waals surface area (Å²) in [7, 11) is 3.38. The smallest absolute Gasteiger partial charge is 0.230 e. The SMILES string of the molecule is COc1ccc([C@@H](NC(=O)CSc2nnnn2C)C(C)C)cc1. The number of ether oxygens (including phenoxy) is 1. The van der Waals surface area contributed by atoms with Gasteiger partial charge in [0, 0.05) is 7.05 Å². The van der Waals surface area contributed by atoms with E-state index in [1.165, 1.54) is 11.8 Å². The Morgan fingerprint density at radius 2 is 2.04 bits per heavy atom. The summed E-state index contributed by atoms with van der Waals surface area (Å²) < 4.78 is 6.71. The maximum absolute atomic E-state index is 12.2. The Balaban J connectivity index is 1.98. The molecule has 0 radical (unpaired) electrons. The van der Waals surface area contributed by atoms with Crippen LogP contribution in [0, 0.1) is 5.92 Å². The second-order valence-corrected chi connectivity index (χ2v) is 6.38. The molecule has 1 amide bonds. The van der Waals surface area contributed by atoms with E-state index in [2.05, 4.69) is 34.7 Å². The molecule has 124 valence electrons. The maximum Gasteiger partial charge on any atom is 0.230 e. The average molecular weight is 335 g/mol. The predicted octanol–water partition coefficient (Wildman–Crippen LogP) is 1.82. The molecule has 0 saturated carbocycles. The first kappa shape index (κ1) is 17.3. The minimum atomic E-state index is -0.0494. The fraction of sp³-hybridized carbons (Fsp3) is 0.467. The third-order valence-electron chi connectivity index (χ3n) is 3.37. The Hall–Kier alpha value is -2.09. The molecular weight excluding hydrogens is 314 g/mol. The number of nitrogens with zero attached hydrogens (tertiary/aromatic N) is 4. The van der Waals surface area contributed by atoms with E-state index < -0.39 is 0 Å². The summed E-state index contributed by atoms with van der Waals surface area (Å²) in [5.41, 5.74) is 1.06. The quantitative estimate of drug-likeness (QED) is 0.777. The van der Waals surface area contributed by atoms with Crippen LogP contribution in [0.2, 0.25) is 0 Å². The van der Waals surface area contributed by atoms with Gasteiger partial charge >= 0.3 is 0 Å². The zero-order valence-corrected chi connectivity index (χ0v) is 14.5. The van der Waals surface area contributed by atoms with Crippen LogP contribution in [0.4, 0.5) is 0 Å². The van der Waals surface area contributed by atoms with Gasteiger partial charge in [-0.15, -0.1) is 5.10 Å². The third kappa shape index (κ3) is 4.69. The summed E-state index contributed by atoms with van der Waals surface area (Å²) >= 11 is 1.31. The van der Waals surface area contributed by atoms with E-state index in [0.717, 1.165) is 11.3 Å². The molecule has 1 aromatic heterocycles. The highest BCUT2D eigenvalue weighted by Crippen LogP contribution is 2.24. The van der Waals surface area contributed by atoms with Crippen molar-refractivity contribution in [2.24, 2.45) is 13.0 Å². The topological polar surface area (TPSA) is 81.9 Å². The molecule has 0 aliphatic heterocycles. The van der Waals surface area contributed by atoms with Crippen molar-refractivity contribution in [3.63, 3.8) is 0 Å². The fourth-order valence-electron chi connectivity index (χ4n) is 2.13. The third-order valence-corrected chi connectivity index (χ3v) is 4.38. The number of thioether (sulfide) groups is 1. The van der Waals surface area contributed by atoms with Gasteiger partial charge in [0.1, 0.15) is 5.75 Å². The van der Waals surface area contributed by atoms with Gasteiger partial charge in [0.25, 0.3) is 0 Å². The second-order valence-electron chi connectivity index (χ2n) is 5.44. The fourth-order valence-corrected chi connectivity index (χ4v) is 2.80. The van der Waals surface area contributed by atoms with Gasteiger partial charge in [-0.05, 0) is 34.0 Å². The summed E-state index contributed by atoms with van der Waals surface area (Å²) in [6.45, 7) is 4.16. The number of methoxy groups -OCH3 is 1. The van der Waals surface area contributed by atoms with E-state index in [-0.39, 0.29) is 23.6 Å². The van der Waals surface area contributed by atoms with Crippen LogP contribution in [0.3, 0.4) is 0 Å². The molecule has 23 heavy (non-hydrogen) atoms. The number of nitrogens with one attached hydrogen (secondary N) is 1. The van der Waals surface area contributed by atoms with Crippen molar-refractivity contribution in [3.05, 3.63) is 29.8 Å². The van der Waals surface area contributed by atoms with Crippen LogP contribution in [-0.2, 0) is 11.8 Å². The number of carbonyl (C=O) groups is 1. The number of carbonyl (C=O) groups excluding carboxylic acids is 1. The molecule has 0 bridgehead atoms. The monoisotopic (exact) mass is 335 g/mol. The van der Waals surface area contributed by atoms with Gasteiger partial charge in [-0.25, -0.2) is 4.68 Å². The first-order chi connectivity index (χ1) is 11.0. The van der Waals surface area contributed by atoms with Crippen molar-refractivity contribution >= 4 is 17.7 Å². The van der Waals surface area contributed by atoms with Gasteiger partial charge in [-0.1, -0.05) is 37.7 Å². The molecule has 1 aromatic carbocycles. The summed E-state index contributed by atoms with van der Waals surface area (Å²) in [4.78, 5) is 12.2. The minimum absolute atomic E-state index is 0.0486. The lowest BCUT2D eigenvalue weighted by molar-refractivity contribution is -0.119.